The highest BCUT2D eigenvalue weighted by atomic mass is 32.1. The van der Waals surface area contributed by atoms with Crippen LogP contribution in [0.3, 0.4) is 0 Å². The summed E-state index contributed by atoms with van der Waals surface area (Å²) in [6, 6.07) is 10.8. The van der Waals surface area contributed by atoms with Gasteiger partial charge < -0.3 is 0 Å². The molecule has 1 N–H and O–H groups in total. The Balaban J connectivity index is 1.53. The summed E-state index contributed by atoms with van der Waals surface area (Å²) in [5.74, 6) is 0.593. The van der Waals surface area contributed by atoms with Crippen molar-refractivity contribution in [1.82, 2.24) is 14.5 Å². The van der Waals surface area contributed by atoms with E-state index < -0.39 is 0 Å². The Morgan fingerprint density at radius 2 is 1.97 bits per heavy atom. The highest BCUT2D eigenvalue weighted by Crippen LogP contribution is 2.36. The standard InChI is InChI=1S/C25H31N5OS/c1-17(2)27-28-25-26-23-22(24(31)30(25)19-11-7-4-8-12-19)20-13-14-29(16-21(20)32-23)15-18-9-5-3-6-10-18/h3,5-6,9-10,19H,4,7-8,11-16H2,1-2H3,(H,26,28). The summed E-state index contributed by atoms with van der Waals surface area (Å²) in [6.07, 6.45) is 6.56. The SMILES string of the molecule is CC(C)=NNc1nc2sc3c(c2c(=O)n1C1CCCCC1)CCN(Cc1ccccc1)C3. The Morgan fingerprint density at radius 3 is 2.72 bits per heavy atom. The zero-order valence-corrected chi connectivity index (χ0v) is 19.7. The number of rotatable bonds is 5. The minimum absolute atomic E-state index is 0.113. The fraction of sp³-hybridized carbons (Fsp3) is 0.480. The van der Waals surface area contributed by atoms with Crippen LogP contribution in [0.5, 0.6) is 0 Å². The van der Waals surface area contributed by atoms with Gasteiger partial charge in [-0.2, -0.15) is 5.10 Å². The van der Waals surface area contributed by atoms with Crippen LogP contribution in [-0.4, -0.2) is 26.7 Å². The summed E-state index contributed by atoms with van der Waals surface area (Å²) in [4.78, 5) is 23.4. The van der Waals surface area contributed by atoms with Gasteiger partial charge in [-0.15, -0.1) is 11.3 Å². The van der Waals surface area contributed by atoms with E-state index in [0.717, 1.165) is 54.8 Å². The molecule has 6 nitrogen and oxygen atoms in total. The molecule has 0 spiro atoms. The first-order valence-corrected chi connectivity index (χ1v) is 12.5. The molecule has 2 aromatic heterocycles. The monoisotopic (exact) mass is 449 g/mol. The predicted molar refractivity (Wildman–Crippen MR) is 133 cm³/mol. The van der Waals surface area contributed by atoms with Crippen LogP contribution in [0.2, 0.25) is 0 Å². The first-order valence-electron chi connectivity index (χ1n) is 11.7. The molecule has 1 fully saturated rings. The molecule has 168 valence electrons. The Bertz CT molecular complexity index is 1190. The Morgan fingerprint density at radius 1 is 1.19 bits per heavy atom. The minimum Gasteiger partial charge on any atom is -0.294 e. The predicted octanol–water partition coefficient (Wildman–Crippen LogP) is 5.33. The second kappa shape index (κ2) is 9.16. The molecule has 1 aliphatic heterocycles. The Kier molecular flexibility index (Phi) is 6.11. The number of nitrogens with zero attached hydrogens (tertiary/aromatic N) is 4. The van der Waals surface area contributed by atoms with E-state index >= 15 is 0 Å². The number of thiophene rings is 1. The lowest BCUT2D eigenvalue weighted by Gasteiger charge is -2.27. The highest BCUT2D eigenvalue weighted by Gasteiger charge is 2.28. The van der Waals surface area contributed by atoms with Crippen molar-refractivity contribution in [3.05, 3.63) is 56.7 Å². The average Bonchev–Trinajstić information content (AvgIpc) is 3.17. The van der Waals surface area contributed by atoms with Crippen molar-refractivity contribution in [2.24, 2.45) is 5.10 Å². The third kappa shape index (κ3) is 4.24. The highest BCUT2D eigenvalue weighted by molar-refractivity contribution is 7.18. The van der Waals surface area contributed by atoms with E-state index in [0.29, 0.717) is 5.95 Å². The summed E-state index contributed by atoms with van der Waals surface area (Å²) in [6.45, 7) is 6.67. The fourth-order valence-corrected chi connectivity index (χ4v) is 6.26. The third-order valence-electron chi connectivity index (χ3n) is 6.55. The third-order valence-corrected chi connectivity index (χ3v) is 7.66. The van der Waals surface area contributed by atoms with Gasteiger partial charge in [-0.25, -0.2) is 10.4 Å². The van der Waals surface area contributed by atoms with Gasteiger partial charge in [-0.1, -0.05) is 49.6 Å². The molecule has 3 aromatic rings. The van der Waals surface area contributed by atoms with Crippen LogP contribution in [0.15, 0.2) is 40.2 Å². The van der Waals surface area contributed by atoms with Crippen LogP contribution < -0.4 is 11.0 Å². The van der Waals surface area contributed by atoms with Crippen LogP contribution in [0.4, 0.5) is 5.95 Å². The van der Waals surface area contributed by atoms with Gasteiger partial charge in [0.1, 0.15) is 4.83 Å². The zero-order chi connectivity index (χ0) is 22.1. The second-order valence-corrected chi connectivity index (χ2v) is 10.3. The van der Waals surface area contributed by atoms with Crippen molar-refractivity contribution < 1.29 is 0 Å². The lowest BCUT2D eigenvalue weighted by molar-refractivity contribution is 0.249. The molecule has 32 heavy (non-hydrogen) atoms. The van der Waals surface area contributed by atoms with E-state index in [-0.39, 0.29) is 11.6 Å². The zero-order valence-electron chi connectivity index (χ0n) is 18.9. The van der Waals surface area contributed by atoms with Gasteiger partial charge in [-0.3, -0.25) is 14.3 Å². The normalized spacial score (nSPS) is 17.3. The van der Waals surface area contributed by atoms with E-state index in [1.54, 1.807) is 11.3 Å². The van der Waals surface area contributed by atoms with E-state index in [1.807, 2.05) is 18.4 Å². The van der Waals surface area contributed by atoms with E-state index in [9.17, 15) is 4.79 Å². The Labute approximate surface area is 193 Å². The van der Waals surface area contributed by atoms with Gasteiger partial charge in [0.05, 0.1) is 5.39 Å². The van der Waals surface area contributed by atoms with E-state index in [4.69, 9.17) is 4.98 Å². The summed E-state index contributed by atoms with van der Waals surface area (Å²) < 4.78 is 1.91. The first kappa shape index (κ1) is 21.3. The molecule has 0 atom stereocenters. The van der Waals surface area contributed by atoms with Crippen LogP contribution in [-0.2, 0) is 19.5 Å². The number of fused-ring (bicyclic) bond motifs is 3. The van der Waals surface area contributed by atoms with Crippen molar-refractivity contribution in [2.75, 3.05) is 12.0 Å². The van der Waals surface area contributed by atoms with Crippen molar-refractivity contribution in [3.8, 4) is 0 Å². The van der Waals surface area contributed by atoms with Crippen LogP contribution in [0.1, 0.15) is 68.0 Å². The molecular weight excluding hydrogens is 418 g/mol. The molecular formula is C25H31N5OS. The minimum atomic E-state index is 0.113. The maximum absolute atomic E-state index is 13.8. The number of hydrazone groups is 1. The van der Waals surface area contributed by atoms with Gasteiger partial charge in [0.2, 0.25) is 5.95 Å². The fourth-order valence-electron chi connectivity index (χ4n) is 5.00. The molecule has 0 saturated heterocycles. The Hall–Kier alpha value is -2.51. The van der Waals surface area contributed by atoms with Gasteiger partial charge in [0.15, 0.2) is 0 Å². The molecule has 0 bridgehead atoms. The number of benzene rings is 1. The molecule has 0 amide bonds. The number of hydrogen-bond acceptors (Lipinski definition) is 6. The molecule has 1 aliphatic carbocycles. The lowest BCUT2D eigenvalue weighted by Crippen LogP contribution is -2.31. The van der Waals surface area contributed by atoms with E-state index in [1.165, 1.54) is 35.3 Å². The molecule has 5 rings (SSSR count). The molecule has 2 aliphatic rings. The quantitative estimate of drug-likeness (QED) is 0.422. The number of anilines is 1. The molecule has 0 radical (unpaired) electrons. The summed E-state index contributed by atoms with van der Waals surface area (Å²) in [7, 11) is 0. The average molecular weight is 450 g/mol. The maximum Gasteiger partial charge on any atom is 0.264 e. The largest absolute Gasteiger partial charge is 0.294 e. The van der Waals surface area contributed by atoms with Crippen LogP contribution >= 0.6 is 11.3 Å². The molecule has 0 unspecified atom stereocenters. The maximum atomic E-state index is 13.8. The smallest absolute Gasteiger partial charge is 0.264 e. The van der Waals surface area contributed by atoms with Gasteiger partial charge in [0, 0.05) is 36.3 Å². The van der Waals surface area contributed by atoms with Crippen molar-refractivity contribution in [3.63, 3.8) is 0 Å². The van der Waals surface area contributed by atoms with Crippen molar-refractivity contribution in [2.45, 2.75) is 71.5 Å². The first-order chi connectivity index (χ1) is 15.6. The number of nitrogens with one attached hydrogen (secondary N) is 1. The van der Waals surface area contributed by atoms with Gasteiger partial charge in [0.25, 0.3) is 5.56 Å². The summed E-state index contributed by atoms with van der Waals surface area (Å²) >= 11 is 1.68. The van der Waals surface area contributed by atoms with Crippen molar-refractivity contribution >= 4 is 33.2 Å². The van der Waals surface area contributed by atoms with Crippen LogP contribution in [0.25, 0.3) is 10.2 Å². The van der Waals surface area contributed by atoms with Gasteiger partial charge >= 0.3 is 0 Å². The van der Waals surface area contributed by atoms with E-state index in [2.05, 4.69) is 45.8 Å². The summed E-state index contributed by atoms with van der Waals surface area (Å²) in [5, 5.41) is 5.22. The van der Waals surface area contributed by atoms with Crippen molar-refractivity contribution in [1.29, 1.82) is 0 Å². The summed E-state index contributed by atoms with van der Waals surface area (Å²) in [5.41, 5.74) is 6.68. The number of hydrogen-bond donors (Lipinski definition) is 1. The molecule has 3 heterocycles. The lowest BCUT2D eigenvalue weighted by atomic mass is 9.95. The van der Waals surface area contributed by atoms with Crippen LogP contribution in [0, 0.1) is 0 Å². The molecule has 1 aromatic carbocycles. The second-order valence-electron chi connectivity index (χ2n) is 9.20. The molecule has 7 heteroatoms. The number of aromatic nitrogens is 2. The van der Waals surface area contributed by atoms with Gasteiger partial charge in [-0.05, 0) is 44.2 Å². The topological polar surface area (TPSA) is 62.5 Å². The molecule has 1 saturated carbocycles.